The van der Waals surface area contributed by atoms with Gasteiger partial charge >= 0.3 is 0 Å². The minimum Gasteiger partial charge on any atom is -0.334 e. The molecular formula is C12H11Cl2N3. The summed E-state index contributed by atoms with van der Waals surface area (Å²) in [5, 5.41) is 0.584. The fraction of sp³-hybridized carbons (Fsp3) is 0.0833. The first kappa shape index (κ1) is 12.0. The van der Waals surface area contributed by atoms with Crippen LogP contribution in [-0.2, 0) is 7.05 Å². The molecule has 88 valence electrons. The molecule has 0 aliphatic carbocycles. The summed E-state index contributed by atoms with van der Waals surface area (Å²) < 4.78 is 1.94. The summed E-state index contributed by atoms with van der Waals surface area (Å²) in [4.78, 5) is 5.82. The van der Waals surface area contributed by atoms with Crippen LogP contribution in [0.2, 0.25) is 0 Å². The molecule has 1 heterocycles. The largest absolute Gasteiger partial charge is 0.334 e. The summed E-state index contributed by atoms with van der Waals surface area (Å²) in [7, 11) is 1.94. The zero-order valence-corrected chi connectivity index (χ0v) is 10.8. The Hall–Kier alpha value is -1.45. The maximum absolute atomic E-state index is 5.89. The van der Waals surface area contributed by atoms with Crippen molar-refractivity contribution in [3.05, 3.63) is 48.0 Å². The van der Waals surface area contributed by atoms with Crippen molar-refractivity contribution in [1.82, 2.24) is 9.55 Å². The monoisotopic (exact) mass is 267 g/mol. The van der Waals surface area contributed by atoms with Crippen molar-refractivity contribution in [3.8, 4) is 0 Å². The van der Waals surface area contributed by atoms with E-state index in [2.05, 4.69) is 18.1 Å². The number of halogens is 2. The number of fused-ring (bicyclic) bond motifs is 1. The van der Waals surface area contributed by atoms with Gasteiger partial charge in [-0.2, -0.15) is 0 Å². The van der Waals surface area contributed by atoms with Gasteiger partial charge < -0.3 is 4.57 Å². The molecule has 0 aliphatic heterocycles. The number of hydrogen-bond acceptors (Lipinski definition) is 2. The molecule has 0 amide bonds. The predicted molar refractivity (Wildman–Crippen MR) is 73.2 cm³/mol. The van der Waals surface area contributed by atoms with Crippen molar-refractivity contribution in [1.29, 1.82) is 0 Å². The summed E-state index contributed by atoms with van der Waals surface area (Å²) in [5.74, 6) is 0. The second-order valence-electron chi connectivity index (χ2n) is 3.62. The summed E-state index contributed by atoms with van der Waals surface area (Å²) in [6.45, 7) is 7.32. The first-order chi connectivity index (χ1) is 8.00. The van der Waals surface area contributed by atoms with Crippen LogP contribution in [0.3, 0.4) is 0 Å². The quantitative estimate of drug-likeness (QED) is 0.789. The van der Waals surface area contributed by atoms with Gasteiger partial charge in [0.15, 0.2) is 0 Å². The number of aryl methyl sites for hydroxylation is 1. The Balaban J connectivity index is 2.55. The van der Waals surface area contributed by atoms with Crippen LogP contribution in [0.15, 0.2) is 48.0 Å². The number of aromatic nitrogens is 2. The van der Waals surface area contributed by atoms with Crippen molar-refractivity contribution in [2.75, 3.05) is 4.90 Å². The van der Waals surface area contributed by atoms with Crippen molar-refractivity contribution < 1.29 is 0 Å². The third-order valence-electron chi connectivity index (χ3n) is 2.45. The minimum absolute atomic E-state index is 0.292. The van der Waals surface area contributed by atoms with Crippen molar-refractivity contribution in [2.24, 2.45) is 7.05 Å². The molecule has 0 bridgehead atoms. The number of imidazole rings is 1. The highest BCUT2D eigenvalue weighted by Gasteiger charge is 2.12. The topological polar surface area (TPSA) is 21.1 Å². The van der Waals surface area contributed by atoms with Gasteiger partial charge in [0.2, 0.25) is 0 Å². The third-order valence-corrected chi connectivity index (χ3v) is 2.79. The number of anilines is 1. The summed E-state index contributed by atoms with van der Waals surface area (Å²) in [6, 6.07) is 5.73. The Morgan fingerprint density at radius 3 is 2.53 bits per heavy atom. The maximum Gasteiger partial charge on any atom is 0.107 e. The average molecular weight is 268 g/mol. The van der Waals surface area contributed by atoms with Gasteiger partial charge in [-0.3, -0.25) is 4.90 Å². The van der Waals surface area contributed by atoms with Gasteiger partial charge in [-0.15, -0.1) is 0 Å². The van der Waals surface area contributed by atoms with Crippen LogP contribution in [0.4, 0.5) is 5.69 Å². The highest BCUT2D eigenvalue weighted by Crippen LogP contribution is 2.29. The number of benzene rings is 1. The van der Waals surface area contributed by atoms with Crippen molar-refractivity contribution >= 4 is 39.9 Å². The van der Waals surface area contributed by atoms with Crippen LogP contribution in [0.1, 0.15) is 0 Å². The number of nitrogens with zero attached hydrogens (tertiary/aromatic N) is 3. The maximum atomic E-state index is 5.89. The average Bonchev–Trinajstić information content (AvgIpc) is 2.59. The number of hydrogen-bond donors (Lipinski definition) is 0. The van der Waals surface area contributed by atoms with E-state index in [0.717, 1.165) is 16.7 Å². The molecule has 0 atom stereocenters. The van der Waals surface area contributed by atoms with Crippen LogP contribution in [0.25, 0.3) is 11.0 Å². The fourth-order valence-corrected chi connectivity index (χ4v) is 2.12. The standard InChI is InChI=1S/C12H11Cl2N3/c1-8(13)17(9(2)14)10-4-5-12-11(6-10)15-7-16(12)3/h4-7H,1-2H2,3H3. The molecule has 17 heavy (non-hydrogen) atoms. The van der Waals surface area contributed by atoms with Crippen LogP contribution in [0, 0.1) is 0 Å². The Labute approximate surface area is 110 Å². The summed E-state index contributed by atoms with van der Waals surface area (Å²) in [6.07, 6.45) is 1.75. The Morgan fingerprint density at radius 1 is 1.29 bits per heavy atom. The van der Waals surface area contributed by atoms with E-state index in [9.17, 15) is 0 Å². The van der Waals surface area contributed by atoms with Gasteiger partial charge in [0.05, 0.1) is 23.0 Å². The van der Waals surface area contributed by atoms with Crippen molar-refractivity contribution in [3.63, 3.8) is 0 Å². The van der Waals surface area contributed by atoms with Gasteiger partial charge in [-0.1, -0.05) is 36.4 Å². The van der Waals surface area contributed by atoms with E-state index < -0.39 is 0 Å². The fourth-order valence-electron chi connectivity index (χ4n) is 1.68. The SMILES string of the molecule is C=C(Cl)N(C(=C)Cl)c1ccc2c(c1)ncn2C. The molecule has 1 aromatic heterocycles. The molecule has 1 aromatic carbocycles. The first-order valence-corrected chi connectivity index (χ1v) is 5.66. The van der Waals surface area contributed by atoms with E-state index in [0.29, 0.717) is 10.3 Å². The molecule has 0 unspecified atom stereocenters. The minimum atomic E-state index is 0.292. The Morgan fingerprint density at radius 2 is 1.94 bits per heavy atom. The smallest absolute Gasteiger partial charge is 0.107 e. The molecule has 0 radical (unpaired) electrons. The highest BCUT2D eigenvalue weighted by molar-refractivity contribution is 6.36. The van der Waals surface area contributed by atoms with Gasteiger partial charge in [0, 0.05) is 7.05 Å². The van der Waals surface area contributed by atoms with E-state index in [1.807, 2.05) is 29.8 Å². The van der Waals surface area contributed by atoms with E-state index in [4.69, 9.17) is 23.2 Å². The first-order valence-electron chi connectivity index (χ1n) is 4.90. The zero-order valence-electron chi connectivity index (χ0n) is 9.32. The van der Waals surface area contributed by atoms with Gasteiger partial charge in [0.25, 0.3) is 0 Å². The van der Waals surface area contributed by atoms with Gasteiger partial charge in [-0.05, 0) is 18.2 Å². The zero-order chi connectivity index (χ0) is 12.6. The second-order valence-corrected chi connectivity index (χ2v) is 4.49. The molecular weight excluding hydrogens is 257 g/mol. The third kappa shape index (κ3) is 2.16. The van der Waals surface area contributed by atoms with Gasteiger partial charge in [-0.25, -0.2) is 4.98 Å². The normalized spacial score (nSPS) is 10.5. The molecule has 0 spiro atoms. The van der Waals surface area contributed by atoms with E-state index in [1.165, 1.54) is 0 Å². The summed E-state index contributed by atoms with van der Waals surface area (Å²) in [5.41, 5.74) is 2.69. The van der Waals surface area contributed by atoms with E-state index in [1.54, 1.807) is 11.2 Å². The molecule has 2 aromatic rings. The van der Waals surface area contributed by atoms with Crippen LogP contribution in [0.5, 0.6) is 0 Å². The molecule has 2 rings (SSSR count). The van der Waals surface area contributed by atoms with E-state index >= 15 is 0 Å². The van der Waals surface area contributed by atoms with Crippen LogP contribution in [-0.4, -0.2) is 9.55 Å². The lowest BCUT2D eigenvalue weighted by Crippen LogP contribution is -2.14. The van der Waals surface area contributed by atoms with Crippen molar-refractivity contribution in [2.45, 2.75) is 0 Å². The lowest BCUT2D eigenvalue weighted by atomic mass is 10.2. The Bertz CT molecular complexity index is 587. The van der Waals surface area contributed by atoms with Gasteiger partial charge in [0.1, 0.15) is 10.3 Å². The molecule has 0 N–H and O–H groups in total. The van der Waals surface area contributed by atoms with E-state index in [-0.39, 0.29) is 0 Å². The molecule has 0 aliphatic rings. The predicted octanol–water partition coefficient (Wildman–Crippen LogP) is 3.80. The summed E-state index contributed by atoms with van der Waals surface area (Å²) >= 11 is 11.8. The molecule has 0 fully saturated rings. The van der Waals surface area contributed by atoms with Crippen LogP contribution < -0.4 is 4.90 Å². The highest BCUT2D eigenvalue weighted by atomic mass is 35.5. The van der Waals surface area contributed by atoms with Crippen LogP contribution >= 0.6 is 23.2 Å². The lowest BCUT2D eigenvalue weighted by molar-refractivity contribution is 0.947. The Kier molecular flexibility index (Phi) is 3.13. The lowest BCUT2D eigenvalue weighted by Gasteiger charge is -2.21. The number of rotatable bonds is 3. The molecule has 5 heteroatoms. The molecule has 3 nitrogen and oxygen atoms in total. The molecule has 0 saturated carbocycles. The molecule has 0 saturated heterocycles. The second kappa shape index (κ2) is 4.43.